The summed E-state index contributed by atoms with van der Waals surface area (Å²) in [6, 6.07) is 48.1. The molecule has 1 aliphatic rings. The number of allylic oxidation sites excluding steroid dienone is 4. The maximum Gasteiger partial charge on any atom is 0.747 e. The number of fused-ring (bicyclic) bond motifs is 3. The van der Waals surface area contributed by atoms with Crippen molar-refractivity contribution in [2.24, 2.45) is 5.41 Å². The minimum Gasteiger partial charge on any atom is -0.497 e. The number of hydrogen-bond donors (Lipinski definition) is 1. The molecule has 9 nitrogen and oxygen atoms in total. The van der Waals surface area contributed by atoms with Crippen molar-refractivity contribution < 1.29 is 63.5 Å². The lowest BCUT2D eigenvalue weighted by Crippen LogP contribution is -2.49. The highest BCUT2D eigenvalue weighted by molar-refractivity contribution is 8.08. The van der Waals surface area contributed by atoms with Gasteiger partial charge in [0.25, 0.3) is 0 Å². The molecule has 0 atom stereocenters. The molecule has 89 heavy (non-hydrogen) atoms. The molecule has 0 spiro atoms. The van der Waals surface area contributed by atoms with Gasteiger partial charge in [-0.05, 0) is 129 Å². The molecule has 0 aliphatic heterocycles. The lowest BCUT2D eigenvalue weighted by Gasteiger charge is -2.23. The SMILES string of the molecule is COc1ccc(-c2[nH]c(/C(Sc3cccc4oc5ccccc5c34)=c3/c(=C4C=CC(C(C)(C)C)=CC4)c(-c4ccccc4)c(-c4ccc(OC)cc4)n3B(OC(=O)C(F)(F)F)OC(=O)C(F)(F)F)c(-c3ccc(C(C)(C)C)cc3)c2-c2ccccc2F)cc1. The van der Waals surface area contributed by atoms with Crippen LogP contribution in [0, 0.1) is 11.2 Å². The summed E-state index contributed by atoms with van der Waals surface area (Å²) in [5.74, 6) is -5.77. The Morgan fingerprint density at radius 3 is 1.72 bits per heavy atom. The number of aromatic amines is 1. The van der Waals surface area contributed by atoms with E-state index >= 15 is 30.7 Å². The Balaban J connectivity index is 1.49. The zero-order valence-electron chi connectivity index (χ0n) is 49.5. The van der Waals surface area contributed by atoms with Gasteiger partial charge in [0.15, 0.2) is 0 Å². The molecule has 18 heteroatoms. The van der Waals surface area contributed by atoms with Crippen LogP contribution < -0.4 is 20.0 Å². The summed E-state index contributed by atoms with van der Waals surface area (Å²) in [5.41, 5.74) is 5.31. The second kappa shape index (κ2) is 23.9. The smallest absolute Gasteiger partial charge is 0.497 e. The summed E-state index contributed by atoms with van der Waals surface area (Å²) in [5, 5.41) is 1.25. The number of methoxy groups -OCH3 is 2. The molecule has 7 aromatic carbocycles. The lowest BCUT2D eigenvalue weighted by molar-refractivity contribution is -0.197. The van der Waals surface area contributed by atoms with Crippen molar-refractivity contribution in [3.05, 3.63) is 221 Å². The first kappa shape index (κ1) is 61.2. The molecule has 10 aromatic rings. The number of alkyl halides is 6. The Hall–Kier alpha value is -9.42. The average molecular weight is 1230 g/mol. The monoisotopic (exact) mass is 1230 g/mol. The summed E-state index contributed by atoms with van der Waals surface area (Å²) in [6.07, 6.45) is -5.86. The van der Waals surface area contributed by atoms with Crippen molar-refractivity contribution in [2.45, 2.75) is 70.6 Å². The summed E-state index contributed by atoms with van der Waals surface area (Å²) in [7, 11) is -0.261. The molecular weight excluding hydrogens is 1170 g/mol. The number of halogens is 7. The van der Waals surface area contributed by atoms with Gasteiger partial charge in [0.2, 0.25) is 0 Å². The summed E-state index contributed by atoms with van der Waals surface area (Å²) in [6.45, 7) is 12.2. The van der Waals surface area contributed by atoms with Gasteiger partial charge in [0.1, 0.15) is 28.5 Å². The van der Waals surface area contributed by atoms with Crippen LogP contribution in [0.15, 0.2) is 203 Å². The third-order valence-corrected chi connectivity index (χ3v) is 16.7. The Morgan fingerprint density at radius 1 is 0.584 bits per heavy atom. The highest BCUT2D eigenvalue weighted by Crippen LogP contribution is 2.50. The number of carbonyl (C=O) groups is 2. The van der Waals surface area contributed by atoms with Crippen molar-refractivity contribution in [1.82, 2.24) is 9.46 Å². The van der Waals surface area contributed by atoms with Crippen LogP contribution in [0.5, 0.6) is 11.5 Å². The number of para-hydroxylation sites is 1. The van der Waals surface area contributed by atoms with E-state index in [-0.39, 0.29) is 55.4 Å². The molecule has 0 fully saturated rings. The molecule has 0 saturated heterocycles. The quantitative estimate of drug-likeness (QED) is 0.0691. The number of H-pyrrole nitrogens is 1. The Kier molecular flexibility index (Phi) is 16.5. The fourth-order valence-electron chi connectivity index (χ4n) is 11.1. The summed E-state index contributed by atoms with van der Waals surface area (Å²) in [4.78, 5) is 31.7. The number of nitrogens with zero attached hydrogens (tertiary/aromatic N) is 1. The van der Waals surface area contributed by atoms with Crippen LogP contribution in [0.25, 0.3) is 88.3 Å². The van der Waals surface area contributed by atoms with E-state index in [0.29, 0.717) is 77.4 Å². The third-order valence-electron chi connectivity index (χ3n) is 15.5. The molecule has 1 aliphatic carbocycles. The maximum atomic E-state index is 17.3. The highest BCUT2D eigenvalue weighted by Gasteiger charge is 2.51. The van der Waals surface area contributed by atoms with Crippen LogP contribution in [0.1, 0.15) is 59.2 Å². The Morgan fingerprint density at radius 2 is 1.15 bits per heavy atom. The summed E-state index contributed by atoms with van der Waals surface area (Å²) >= 11 is 1.06. The molecule has 0 saturated carbocycles. The summed E-state index contributed by atoms with van der Waals surface area (Å²) < 4.78 is 137. The van der Waals surface area contributed by atoms with E-state index in [9.17, 15) is 9.59 Å². The number of furan rings is 1. The van der Waals surface area contributed by atoms with E-state index in [0.717, 1.165) is 27.4 Å². The van der Waals surface area contributed by atoms with Gasteiger partial charge in [-0.2, -0.15) is 26.3 Å². The first-order valence-corrected chi connectivity index (χ1v) is 29.2. The van der Waals surface area contributed by atoms with Crippen LogP contribution in [0.2, 0.25) is 0 Å². The second-order valence-electron chi connectivity index (χ2n) is 23.3. The minimum atomic E-state index is -5.86. The third kappa shape index (κ3) is 12.2. The molecule has 3 aromatic heterocycles. The largest absolute Gasteiger partial charge is 0.747 e. The van der Waals surface area contributed by atoms with E-state index < -0.39 is 42.8 Å². The number of aromatic nitrogens is 2. The Bertz CT molecular complexity index is 4520. The van der Waals surface area contributed by atoms with Gasteiger partial charge in [-0.3, -0.25) is 0 Å². The van der Waals surface area contributed by atoms with E-state index in [1.54, 1.807) is 115 Å². The van der Waals surface area contributed by atoms with Gasteiger partial charge in [0.05, 0.1) is 41.6 Å². The molecule has 0 radical (unpaired) electrons. The number of nitrogens with one attached hydrogen (secondary N) is 1. The zero-order chi connectivity index (χ0) is 63.3. The van der Waals surface area contributed by atoms with E-state index in [4.69, 9.17) is 23.2 Å². The predicted octanol–water partition coefficient (Wildman–Crippen LogP) is 17.6. The molecular formula is C71H58BF7N2O7S. The van der Waals surface area contributed by atoms with Crippen molar-refractivity contribution in [1.29, 1.82) is 0 Å². The highest BCUT2D eigenvalue weighted by atomic mass is 32.2. The van der Waals surface area contributed by atoms with Crippen LogP contribution in [-0.2, 0) is 24.3 Å². The number of rotatable bonds is 13. The van der Waals surface area contributed by atoms with Gasteiger partial charge in [-0.25, -0.2) is 14.0 Å². The fourth-order valence-corrected chi connectivity index (χ4v) is 12.4. The van der Waals surface area contributed by atoms with Crippen LogP contribution in [-0.4, -0.2) is 55.2 Å². The number of benzene rings is 7. The Labute approximate surface area is 512 Å². The van der Waals surface area contributed by atoms with E-state index in [1.807, 2.05) is 96.2 Å². The molecule has 1 N–H and O–H groups in total. The van der Waals surface area contributed by atoms with Crippen LogP contribution >= 0.6 is 11.8 Å². The second-order valence-corrected chi connectivity index (χ2v) is 24.4. The average Bonchev–Trinajstić information content (AvgIpc) is 1.59. The van der Waals surface area contributed by atoms with Crippen molar-refractivity contribution in [3.8, 4) is 67.4 Å². The zero-order valence-corrected chi connectivity index (χ0v) is 50.4. The number of carbonyl (C=O) groups excluding carboxylic acids is 2. The van der Waals surface area contributed by atoms with Gasteiger partial charge >= 0.3 is 31.5 Å². The van der Waals surface area contributed by atoms with Crippen molar-refractivity contribution in [2.75, 3.05) is 14.2 Å². The van der Waals surface area contributed by atoms with Crippen molar-refractivity contribution in [3.63, 3.8) is 0 Å². The molecule has 0 amide bonds. The minimum absolute atomic E-state index is 0.0598. The topological polar surface area (TPSA) is 105 Å². The van der Waals surface area contributed by atoms with Gasteiger partial charge < -0.3 is 32.7 Å². The number of thioether (sulfide) groups is 1. The molecule has 11 rings (SSSR count). The van der Waals surface area contributed by atoms with Gasteiger partial charge in [0, 0.05) is 43.1 Å². The number of ether oxygens (including phenoxy) is 2. The van der Waals surface area contributed by atoms with Crippen molar-refractivity contribution >= 4 is 63.4 Å². The molecule has 0 bridgehead atoms. The van der Waals surface area contributed by atoms with E-state index in [1.165, 1.54) is 32.4 Å². The predicted molar refractivity (Wildman–Crippen MR) is 336 cm³/mol. The molecule has 452 valence electrons. The van der Waals surface area contributed by atoms with E-state index in [2.05, 4.69) is 4.98 Å². The standard InChI is InChI=1S/C71H58BF7N2O7S/c1-68(2,3)46-33-25-42(26-34-46)56-60(50-19-12-14-21-52(50)73)61(44-29-37-48(84-7)38-30-44)80-62(56)65(89-55-24-16-23-54-59(55)51-20-13-15-22-53(51)86-54)64-58(43-27-35-47(36-28-43)69(4,5)6)57(41-17-10-9-11-18-41)63(45-31-39-49(85-8)40-32-45)81(64)72(87-66(82)70(74,75)76)88-67(83)71(77,78)79/h9-27,29-40,80H,28H2,1-8H3/b58-43?,65-64+. The maximum absolute atomic E-state index is 17.3. The van der Waals surface area contributed by atoms with Crippen LogP contribution in [0.3, 0.4) is 0 Å². The number of hydrogen-bond acceptors (Lipinski definition) is 8. The molecule has 0 unspecified atom stereocenters. The normalized spacial score (nSPS) is 14.0. The van der Waals surface area contributed by atoms with Gasteiger partial charge in [-0.1, -0.05) is 169 Å². The first-order valence-electron chi connectivity index (χ1n) is 28.3. The first-order chi connectivity index (χ1) is 42.3. The molecule has 3 heterocycles. The fraction of sp³-hybridized carbons (Fsp3) is 0.183. The lowest BCUT2D eigenvalue weighted by atomic mass is 9.82. The van der Waals surface area contributed by atoms with Crippen LogP contribution in [0.4, 0.5) is 30.7 Å². The van der Waals surface area contributed by atoms with Gasteiger partial charge in [-0.15, -0.1) is 0 Å².